The molecule has 27 heavy (non-hydrogen) atoms. The first-order chi connectivity index (χ1) is 13.3. The number of aromatic nitrogens is 4. The van der Waals surface area contributed by atoms with Crippen LogP contribution in [0.2, 0.25) is 0 Å². The summed E-state index contributed by atoms with van der Waals surface area (Å²) in [6, 6.07) is 11.0. The summed E-state index contributed by atoms with van der Waals surface area (Å²) in [5.41, 5.74) is 4.22. The average molecular weight is 360 g/mol. The zero-order chi connectivity index (χ0) is 18.2. The van der Waals surface area contributed by atoms with Crippen LogP contribution in [-0.2, 0) is 0 Å². The van der Waals surface area contributed by atoms with Crippen molar-refractivity contribution in [2.75, 3.05) is 31.1 Å². The van der Waals surface area contributed by atoms with E-state index >= 15 is 0 Å². The highest BCUT2D eigenvalue weighted by atomic mass is 15.3. The first-order valence-corrected chi connectivity index (χ1v) is 9.70. The summed E-state index contributed by atoms with van der Waals surface area (Å²) in [4.78, 5) is 14.3. The van der Waals surface area contributed by atoms with Gasteiger partial charge in [-0.2, -0.15) is 5.10 Å². The van der Waals surface area contributed by atoms with Gasteiger partial charge in [-0.05, 0) is 50.1 Å². The molecule has 138 valence electrons. The molecular weight excluding hydrogens is 336 g/mol. The molecule has 0 spiro atoms. The van der Waals surface area contributed by atoms with Gasteiger partial charge in [-0.3, -0.25) is 4.90 Å². The van der Waals surface area contributed by atoms with Gasteiger partial charge in [0.15, 0.2) is 0 Å². The molecule has 4 heterocycles. The van der Waals surface area contributed by atoms with Crippen molar-refractivity contribution in [3.63, 3.8) is 0 Å². The standard InChI is InChI=1S/C21H24N6/c1-16-4-2-5-18(12-16)27-14-17(13-23-27)20-7-8-22-21(24-20)26-11-10-25-9-3-6-19(25)15-26/h2,4-5,7-8,12-14,19H,3,6,9-11,15H2,1H3/t19-/m1/s1. The van der Waals surface area contributed by atoms with Gasteiger partial charge >= 0.3 is 0 Å². The Bertz CT molecular complexity index is 949. The van der Waals surface area contributed by atoms with Crippen LogP contribution in [0.25, 0.3) is 16.9 Å². The van der Waals surface area contributed by atoms with E-state index in [9.17, 15) is 0 Å². The zero-order valence-corrected chi connectivity index (χ0v) is 15.6. The molecule has 2 saturated heterocycles. The summed E-state index contributed by atoms with van der Waals surface area (Å²) in [6.07, 6.45) is 8.39. The van der Waals surface area contributed by atoms with Crippen LogP contribution < -0.4 is 4.90 Å². The molecule has 0 radical (unpaired) electrons. The lowest BCUT2D eigenvalue weighted by atomic mass is 10.1. The minimum atomic E-state index is 0.662. The van der Waals surface area contributed by atoms with Crippen molar-refractivity contribution >= 4 is 5.95 Å². The number of piperazine rings is 1. The molecule has 6 heteroatoms. The SMILES string of the molecule is Cc1cccc(-n2cc(-c3ccnc(N4CCN5CCC[C@@H]5C4)n3)cn2)c1. The van der Waals surface area contributed by atoms with Gasteiger partial charge in [0, 0.05) is 43.6 Å². The summed E-state index contributed by atoms with van der Waals surface area (Å²) >= 11 is 0. The van der Waals surface area contributed by atoms with Crippen molar-refractivity contribution < 1.29 is 0 Å². The Morgan fingerprint density at radius 3 is 3.00 bits per heavy atom. The number of hydrogen-bond donors (Lipinski definition) is 0. The van der Waals surface area contributed by atoms with Gasteiger partial charge in [0.05, 0.1) is 17.6 Å². The molecule has 2 fully saturated rings. The van der Waals surface area contributed by atoms with Gasteiger partial charge in [-0.25, -0.2) is 14.6 Å². The van der Waals surface area contributed by atoms with Gasteiger partial charge in [0.2, 0.25) is 5.95 Å². The van der Waals surface area contributed by atoms with Crippen molar-refractivity contribution in [1.29, 1.82) is 0 Å². The molecule has 2 aliphatic heterocycles. The quantitative estimate of drug-likeness (QED) is 0.719. The molecule has 2 aliphatic rings. The Labute approximate surface area is 159 Å². The van der Waals surface area contributed by atoms with Crippen LogP contribution in [0.5, 0.6) is 0 Å². The summed E-state index contributed by atoms with van der Waals surface area (Å²) in [5, 5.41) is 4.53. The molecule has 1 atom stereocenters. The molecule has 0 aliphatic carbocycles. The first kappa shape index (κ1) is 16.4. The van der Waals surface area contributed by atoms with E-state index in [1.54, 1.807) is 0 Å². The topological polar surface area (TPSA) is 50.1 Å². The number of anilines is 1. The Balaban J connectivity index is 1.39. The second-order valence-corrected chi connectivity index (χ2v) is 7.53. The third-order valence-electron chi connectivity index (χ3n) is 5.66. The van der Waals surface area contributed by atoms with Gasteiger partial charge in [0.25, 0.3) is 0 Å². The minimum absolute atomic E-state index is 0.662. The highest BCUT2D eigenvalue weighted by Gasteiger charge is 2.31. The van der Waals surface area contributed by atoms with Gasteiger partial charge in [-0.1, -0.05) is 12.1 Å². The Morgan fingerprint density at radius 1 is 1.11 bits per heavy atom. The Hall–Kier alpha value is -2.73. The molecular formula is C21H24N6. The number of benzene rings is 1. The average Bonchev–Trinajstić information content (AvgIpc) is 3.37. The van der Waals surface area contributed by atoms with E-state index in [0.29, 0.717) is 6.04 Å². The summed E-state index contributed by atoms with van der Waals surface area (Å²) in [6.45, 7) is 6.49. The molecule has 0 amide bonds. The number of nitrogens with zero attached hydrogens (tertiary/aromatic N) is 6. The molecule has 1 aromatic carbocycles. The Morgan fingerprint density at radius 2 is 2.07 bits per heavy atom. The molecule has 0 bridgehead atoms. The largest absolute Gasteiger partial charge is 0.338 e. The van der Waals surface area contributed by atoms with Gasteiger partial charge in [0.1, 0.15) is 0 Å². The molecule has 0 N–H and O–H groups in total. The zero-order valence-electron chi connectivity index (χ0n) is 15.6. The van der Waals surface area contributed by atoms with Crippen LogP contribution in [0, 0.1) is 6.92 Å². The van der Waals surface area contributed by atoms with Crippen molar-refractivity contribution in [2.45, 2.75) is 25.8 Å². The second-order valence-electron chi connectivity index (χ2n) is 7.53. The summed E-state index contributed by atoms with van der Waals surface area (Å²) in [7, 11) is 0. The van der Waals surface area contributed by atoms with Crippen molar-refractivity contribution in [3.05, 3.63) is 54.5 Å². The van der Waals surface area contributed by atoms with Crippen LogP contribution in [0.1, 0.15) is 18.4 Å². The van der Waals surface area contributed by atoms with Crippen LogP contribution in [0.4, 0.5) is 5.95 Å². The summed E-state index contributed by atoms with van der Waals surface area (Å²) < 4.78 is 1.90. The lowest BCUT2D eigenvalue weighted by Crippen LogP contribution is -2.50. The molecule has 5 rings (SSSR count). The van der Waals surface area contributed by atoms with E-state index in [2.05, 4.69) is 51.1 Å². The van der Waals surface area contributed by atoms with Crippen LogP contribution >= 0.6 is 0 Å². The molecule has 2 aromatic heterocycles. The van der Waals surface area contributed by atoms with E-state index in [-0.39, 0.29) is 0 Å². The van der Waals surface area contributed by atoms with Crippen LogP contribution in [0.3, 0.4) is 0 Å². The van der Waals surface area contributed by atoms with E-state index in [4.69, 9.17) is 4.98 Å². The molecule has 0 unspecified atom stereocenters. The fraction of sp³-hybridized carbons (Fsp3) is 0.381. The van der Waals surface area contributed by atoms with Gasteiger partial charge in [-0.15, -0.1) is 0 Å². The highest BCUT2D eigenvalue weighted by molar-refractivity contribution is 5.59. The van der Waals surface area contributed by atoms with Gasteiger partial charge < -0.3 is 4.90 Å². The number of aryl methyl sites for hydroxylation is 1. The molecule has 3 aromatic rings. The number of fused-ring (bicyclic) bond motifs is 1. The third-order valence-corrected chi connectivity index (χ3v) is 5.66. The van der Waals surface area contributed by atoms with Crippen molar-refractivity contribution in [2.24, 2.45) is 0 Å². The van der Waals surface area contributed by atoms with E-state index in [0.717, 1.165) is 42.5 Å². The maximum atomic E-state index is 4.85. The number of rotatable bonds is 3. The summed E-state index contributed by atoms with van der Waals surface area (Å²) in [5.74, 6) is 0.836. The Kier molecular flexibility index (Phi) is 4.13. The van der Waals surface area contributed by atoms with E-state index in [1.807, 2.05) is 29.3 Å². The van der Waals surface area contributed by atoms with E-state index in [1.165, 1.54) is 24.9 Å². The normalized spacial score (nSPS) is 20.0. The smallest absolute Gasteiger partial charge is 0.225 e. The van der Waals surface area contributed by atoms with E-state index < -0.39 is 0 Å². The fourth-order valence-corrected chi connectivity index (χ4v) is 4.20. The number of hydrogen-bond acceptors (Lipinski definition) is 5. The first-order valence-electron chi connectivity index (χ1n) is 9.70. The molecule has 0 saturated carbocycles. The van der Waals surface area contributed by atoms with Crippen molar-refractivity contribution in [3.8, 4) is 16.9 Å². The maximum absolute atomic E-state index is 4.85. The predicted octanol–water partition coefficient (Wildman–Crippen LogP) is 2.92. The van der Waals surface area contributed by atoms with Crippen LogP contribution in [-0.4, -0.2) is 56.9 Å². The third kappa shape index (κ3) is 3.21. The lowest BCUT2D eigenvalue weighted by molar-refractivity contribution is 0.229. The van der Waals surface area contributed by atoms with Crippen LogP contribution in [0.15, 0.2) is 48.9 Å². The lowest BCUT2D eigenvalue weighted by Gasteiger charge is -2.37. The monoisotopic (exact) mass is 360 g/mol. The van der Waals surface area contributed by atoms with Crippen molar-refractivity contribution in [1.82, 2.24) is 24.6 Å². The second kappa shape index (κ2) is 6.78. The predicted molar refractivity (Wildman–Crippen MR) is 106 cm³/mol. The molecule has 6 nitrogen and oxygen atoms in total. The maximum Gasteiger partial charge on any atom is 0.225 e. The minimum Gasteiger partial charge on any atom is -0.338 e. The fourth-order valence-electron chi connectivity index (χ4n) is 4.20. The highest BCUT2D eigenvalue weighted by Crippen LogP contribution is 2.25.